The fraction of sp³-hybridized carbons (Fsp3) is 0.435. The van der Waals surface area contributed by atoms with Gasteiger partial charge in [0.15, 0.2) is 0 Å². The molecule has 0 radical (unpaired) electrons. The van der Waals surface area contributed by atoms with E-state index in [1.807, 2.05) is 0 Å². The maximum atomic E-state index is 12.9. The van der Waals surface area contributed by atoms with E-state index >= 15 is 0 Å². The topological polar surface area (TPSA) is 94.2 Å². The van der Waals surface area contributed by atoms with E-state index in [0.29, 0.717) is 54.6 Å². The number of fused-ring (bicyclic) bond motifs is 1. The van der Waals surface area contributed by atoms with Crippen LogP contribution in [-0.2, 0) is 22.4 Å². The van der Waals surface area contributed by atoms with E-state index in [1.54, 1.807) is 36.1 Å². The van der Waals surface area contributed by atoms with Crippen LogP contribution in [0.3, 0.4) is 0 Å². The number of ether oxygens (including phenoxy) is 3. The lowest BCUT2D eigenvalue weighted by Gasteiger charge is -2.26. The summed E-state index contributed by atoms with van der Waals surface area (Å²) in [6, 6.07) is 6.93. The first-order valence-electron chi connectivity index (χ1n) is 10.7. The largest absolute Gasteiger partial charge is 0.494 e. The number of methoxy groups -OCH3 is 1. The van der Waals surface area contributed by atoms with Crippen LogP contribution >= 0.6 is 11.3 Å². The summed E-state index contributed by atoms with van der Waals surface area (Å²) in [4.78, 5) is 40.0. The zero-order valence-electron chi connectivity index (χ0n) is 18.6. The number of carbonyl (C=O) groups excluding carboxylic acids is 3. The van der Waals surface area contributed by atoms with Gasteiger partial charge in [-0.1, -0.05) is 19.4 Å². The van der Waals surface area contributed by atoms with Crippen molar-refractivity contribution in [1.29, 1.82) is 0 Å². The second kappa shape index (κ2) is 11.0. The van der Waals surface area contributed by atoms with Crippen LogP contribution in [-0.4, -0.2) is 49.7 Å². The molecule has 172 valence electrons. The fourth-order valence-electron chi connectivity index (χ4n) is 3.42. The van der Waals surface area contributed by atoms with E-state index in [1.165, 1.54) is 18.4 Å². The van der Waals surface area contributed by atoms with Crippen LogP contribution in [0.4, 0.5) is 9.80 Å². The van der Waals surface area contributed by atoms with Crippen LogP contribution in [0.5, 0.6) is 5.75 Å². The molecule has 1 N–H and O–H groups in total. The Kier molecular flexibility index (Phi) is 8.10. The number of thiophene rings is 1. The first kappa shape index (κ1) is 23.6. The van der Waals surface area contributed by atoms with Crippen molar-refractivity contribution in [3.63, 3.8) is 0 Å². The van der Waals surface area contributed by atoms with Crippen molar-refractivity contribution in [3.8, 4) is 5.75 Å². The Labute approximate surface area is 191 Å². The molecule has 0 unspecified atom stereocenters. The normalized spacial score (nSPS) is 12.7. The molecule has 1 aromatic heterocycles. The maximum Gasteiger partial charge on any atom is 0.410 e. The molecule has 0 aliphatic carbocycles. The Balaban J connectivity index is 1.82. The van der Waals surface area contributed by atoms with Gasteiger partial charge in [-0.3, -0.25) is 4.79 Å². The summed E-state index contributed by atoms with van der Waals surface area (Å²) >= 11 is 1.28. The molecule has 1 aliphatic rings. The molecule has 8 nitrogen and oxygen atoms in total. The third-order valence-corrected chi connectivity index (χ3v) is 6.19. The van der Waals surface area contributed by atoms with Crippen molar-refractivity contribution in [2.45, 2.75) is 39.7 Å². The third kappa shape index (κ3) is 5.40. The van der Waals surface area contributed by atoms with Crippen LogP contribution < -0.4 is 10.1 Å². The Morgan fingerprint density at radius 1 is 1.22 bits per heavy atom. The van der Waals surface area contributed by atoms with Crippen molar-refractivity contribution in [2.24, 2.45) is 0 Å². The van der Waals surface area contributed by atoms with Gasteiger partial charge < -0.3 is 24.4 Å². The van der Waals surface area contributed by atoms with Gasteiger partial charge in [-0.15, -0.1) is 11.3 Å². The highest BCUT2D eigenvalue weighted by atomic mass is 32.1. The second-order valence-corrected chi connectivity index (χ2v) is 8.36. The number of benzene rings is 1. The SMILES string of the molecule is CCCCOc1cccc(C(=O)Nc2sc3c(c2C(=O)OC)CCN(C(=O)OCC)C3)c1. The molecule has 2 aromatic rings. The van der Waals surface area contributed by atoms with Crippen molar-refractivity contribution >= 4 is 34.3 Å². The number of nitrogens with zero attached hydrogens (tertiary/aromatic N) is 1. The predicted octanol–water partition coefficient (Wildman–Crippen LogP) is 4.48. The van der Waals surface area contributed by atoms with Crippen molar-refractivity contribution in [2.75, 3.05) is 32.2 Å². The van der Waals surface area contributed by atoms with Gasteiger partial charge in [-0.05, 0) is 43.5 Å². The lowest BCUT2D eigenvalue weighted by molar-refractivity contribution is 0.0600. The highest BCUT2D eigenvalue weighted by Gasteiger charge is 2.31. The number of esters is 1. The van der Waals surface area contributed by atoms with Gasteiger partial charge in [0.1, 0.15) is 10.8 Å². The van der Waals surface area contributed by atoms with Gasteiger partial charge in [0, 0.05) is 17.0 Å². The zero-order valence-corrected chi connectivity index (χ0v) is 19.4. The summed E-state index contributed by atoms with van der Waals surface area (Å²) in [6.07, 6.45) is 2.04. The lowest BCUT2D eigenvalue weighted by atomic mass is 10.0. The van der Waals surface area contributed by atoms with Gasteiger partial charge in [0.25, 0.3) is 5.91 Å². The first-order chi connectivity index (χ1) is 15.5. The quantitative estimate of drug-likeness (QED) is 0.461. The molecule has 0 fully saturated rings. The molecule has 1 aliphatic heterocycles. The lowest BCUT2D eigenvalue weighted by Crippen LogP contribution is -2.36. The summed E-state index contributed by atoms with van der Waals surface area (Å²) in [5.74, 6) is -0.245. The van der Waals surface area contributed by atoms with Gasteiger partial charge in [-0.2, -0.15) is 0 Å². The van der Waals surface area contributed by atoms with Crippen molar-refractivity contribution in [3.05, 3.63) is 45.8 Å². The molecule has 0 saturated carbocycles. The molecule has 32 heavy (non-hydrogen) atoms. The van der Waals surface area contributed by atoms with Gasteiger partial charge >= 0.3 is 12.1 Å². The van der Waals surface area contributed by atoms with Crippen LogP contribution in [0.1, 0.15) is 57.8 Å². The summed E-state index contributed by atoms with van der Waals surface area (Å²) < 4.78 is 15.7. The van der Waals surface area contributed by atoms with Gasteiger partial charge in [-0.25, -0.2) is 9.59 Å². The second-order valence-electron chi connectivity index (χ2n) is 7.25. The molecule has 0 bridgehead atoms. The summed E-state index contributed by atoms with van der Waals surface area (Å²) in [6.45, 7) is 5.46. The number of hydrogen-bond donors (Lipinski definition) is 1. The molecule has 0 spiro atoms. The molecule has 1 aromatic carbocycles. The predicted molar refractivity (Wildman–Crippen MR) is 122 cm³/mol. The molecular weight excluding hydrogens is 432 g/mol. The molecule has 3 rings (SSSR count). The average molecular weight is 461 g/mol. The van der Waals surface area contributed by atoms with E-state index in [4.69, 9.17) is 14.2 Å². The number of carbonyl (C=O) groups is 3. The van der Waals surface area contributed by atoms with Gasteiger partial charge in [0.2, 0.25) is 0 Å². The van der Waals surface area contributed by atoms with Crippen LogP contribution in [0.25, 0.3) is 0 Å². The average Bonchev–Trinajstić information content (AvgIpc) is 3.16. The summed E-state index contributed by atoms with van der Waals surface area (Å²) in [7, 11) is 1.31. The summed E-state index contributed by atoms with van der Waals surface area (Å²) in [5.41, 5.74) is 1.57. The molecule has 2 amide bonds. The number of rotatable bonds is 8. The number of amides is 2. The minimum absolute atomic E-state index is 0.294. The van der Waals surface area contributed by atoms with E-state index in [9.17, 15) is 14.4 Å². The monoisotopic (exact) mass is 460 g/mol. The molecule has 9 heteroatoms. The zero-order chi connectivity index (χ0) is 23.1. The van der Waals surface area contributed by atoms with E-state index in [2.05, 4.69) is 12.2 Å². The van der Waals surface area contributed by atoms with Crippen molar-refractivity contribution in [1.82, 2.24) is 4.90 Å². The highest BCUT2D eigenvalue weighted by molar-refractivity contribution is 7.17. The molecular formula is C23H28N2O6S. The van der Waals surface area contributed by atoms with Crippen LogP contribution in [0, 0.1) is 0 Å². The third-order valence-electron chi connectivity index (χ3n) is 5.06. The maximum absolute atomic E-state index is 12.9. The van der Waals surface area contributed by atoms with Crippen LogP contribution in [0.15, 0.2) is 24.3 Å². The Morgan fingerprint density at radius 3 is 2.75 bits per heavy atom. The van der Waals surface area contributed by atoms with E-state index < -0.39 is 12.1 Å². The summed E-state index contributed by atoms with van der Waals surface area (Å²) in [5, 5.41) is 3.26. The Morgan fingerprint density at radius 2 is 2.03 bits per heavy atom. The van der Waals surface area contributed by atoms with Crippen LogP contribution in [0.2, 0.25) is 0 Å². The minimum atomic E-state index is -0.515. The van der Waals surface area contributed by atoms with Gasteiger partial charge in [0.05, 0.1) is 32.4 Å². The molecule has 0 saturated heterocycles. The number of unbranched alkanes of at least 4 members (excludes halogenated alkanes) is 1. The number of nitrogens with one attached hydrogen (secondary N) is 1. The Hall–Kier alpha value is -3.07. The fourth-order valence-corrected chi connectivity index (χ4v) is 4.66. The molecule has 2 heterocycles. The van der Waals surface area contributed by atoms with Crippen molar-refractivity contribution < 1.29 is 28.6 Å². The standard InChI is InChI=1S/C23H28N2O6S/c1-4-6-12-31-16-9-7-8-15(13-16)20(26)24-21-19(22(27)29-3)17-10-11-25(14-18(17)32-21)23(28)30-5-2/h7-9,13H,4-6,10-12,14H2,1-3H3,(H,24,26). The van der Waals surface area contributed by atoms with E-state index in [0.717, 1.165) is 23.3 Å². The molecule has 0 atom stereocenters. The minimum Gasteiger partial charge on any atom is -0.494 e. The smallest absolute Gasteiger partial charge is 0.410 e. The highest BCUT2D eigenvalue weighted by Crippen LogP contribution is 2.38. The Bertz CT molecular complexity index is 987. The number of hydrogen-bond acceptors (Lipinski definition) is 7. The number of anilines is 1. The van der Waals surface area contributed by atoms with E-state index in [-0.39, 0.29) is 5.91 Å². The first-order valence-corrected chi connectivity index (χ1v) is 11.5.